The predicted molar refractivity (Wildman–Crippen MR) is 161 cm³/mol. The van der Waals surface area contributed by atoms with Gasteiger partial charge in [-0.2, -0.15) is 0 Å². The van der Waals surface area contributed by atoms with Crippen molar-refractivity contribution in [3.63, 3.8) is 0 Å². The normalized spacial score (nSPS) is 11.5. The fourth-order valence-electron chi connectivity index (χ4n) is 5.23. The Morgan fingerprint density at radius 2 is 0.775 bits per heavy atom. The van der Waals surface area contributed by atoms with Gasteiger partial charge in [0, 0.05) is 11.1 Å². The van der Waals surface area contributed by atoms with Gasteiger partial charge in [-0.25, -0.2) is 9.97 Å². The molecule has 2 heterocycles. The molecule has 0 aliphatic carbocycles. The van der Waals surface area contributed by atoms with E-state index in [-0.39, 0.29) is 0 Å². The first-order chi connectivity index (χ1) is 19.8. The van der Waals surface area contributed by atoms with Crippen molar-refractivity contribution in [2.75, 3.05) is 0 Å². The average Bonchev–Trinajstić information content (AvgIpc) is 3.65. The van der Waals surface area contributed by atoms with Crippen LogP contribution < -0.4 is 0 Å². The summed E-state index contributed by atoms with van der Waals surface area (Å²) >= 11 is 0. The summed E-state index contributed by atoms with van der Waals surface area (Å²) in [5.41, 5.74) is 9.67. The Balaban J connectivity index is 1.11. The molecule has 0 spiro atoms. The number of aromatic nitrogens is 2. The Morgan fingerprint density at radius 3 is 1.23 bits per heavy atom. The zero-order chi connectivity index (χ0) is 26.5. The van der Waals surface area contributed by atoms with Crippen molar-refractivity contribution in [1.29, 1.82) is 0 Å². The topological polar surface area (TPSA) is 52.1 Å². The van der Waals surface area contributed by atoms with E-state index in [1.807, 2.05) is 60.7 Å². The first-order valence-electron chi connectivity index (χ1n) is 13.2. The van der Waals surface area contributed by atoms with Gasteiger partial charge in [0.15, 0.2) is 11.2 Å². The van der Waals surface area contributed by atoms with Gasteiger partial charge in [0.1, 0.15) is 11.0 Å². The molecule has 4 heteroatoms. The fourth-order valence-corrected chi connectivity index (χ4v) is 5.23. The average molecular weight is 515 g/mol. The summed E-state index contributed by atoms with van der Waals surface area (Å²) in [6, 6.07) is 45.4. The lowest BCUT2D eigenvalue weighted by atomic mass is 10.0. The van der Waals surface area contributed by atoms with Crippen molar-refractivity contribution in [3.05, 3.63) is 133 Å². The van der Waals surface area contributed by atoms with Crippen molar-refractivity contribution in [2.24, 2.45) is 0 Å². The van der Waals surface area contributed by atoms with Crippen molar-refractivity contribution in [3.8, 4) is 45.2 Å². The van der Waals surface area contributed by atoms with Crippen LogP contribution >= 0.6 is 0 Å². The minimum absolute atomic E-state index is 0.611. The van der Waals surface area contributed by atoms with Crippen molar-refractivity contribution in [2.45, 2.75) is 0 Å². The molecule has 0 saturated carbocycles. The molecule has 4 nitrogen and oxygen atoms in total. The monoisotopic (exact) mass is 514 g/mol. The van der Waals surface area contributed by atoms with E-state index in [1.54, 1.807) is 0 Å². The second-order valence-corrected chi connectivity index (χ2v) is 9.91. The molecule has 0 atom stereocenters. The van der Waals surface area contributed by atoms with Gasteiger partial charge in [-0.3, -0.25) is 0 Å². The number of hydrogen-bond donors (Lipinski definition) is 0. The highest BCUT2D eigenvalue weighted by molar-refractivity contribution is 5.91. The van der Waals surface area contributed by atoms with E-state index in [4.69, 9.17) is 18.8 Å². The van der Waals surface area contributed by atoms with E-state index in [0.29, 0.717) is 11.8 Å². The molecule has 0 N–H and O–H groups in total. The van der Waals surface area contributed by atoms with E-state index >= 15 is 0 Å². The van der Waals surface area contributed by atoms with Gasteiger partial charge < -0.3 is 8.83 Å². The molecule has 8 aromatic rings. The first kappa shape index (κ1) is 22.5. The van der Waals surface area contributed by atoms with Crippen LogP contribution in [0.25, 0.3) is 78.1 Å². The lowest BCUT2D eigenvalue weighted by Crippen LogP contribution is -1.82. The van der Waals surface area contributed by atoms with Gasteiger partial charge in [-0.15, -0.1) is 0 Å². The molecule has 0 saturated heterocycles. The number of nitrogens with zero attached hydrogens (tertiary/aromatic N) is 2. The molecular formula is C36H22N2O2. The van der Waals surface area contributed by atoms with Crippen LogP contribution in [0.3, 0.4) is 0 Å². The maximum Gasteiger partial charge on any atom is 0.227 e. The van der Waals surface area contributed by atoms with Crippen LogP contribution in [0.1, 0.15) is 0 Å². The summed E-state index contributed by atoms with van der Waals surface area (Å²) in [4.78, 5) is 9.61. The van der Waals surface area contributed by atoms with Gasteiger partial charge in [0.2, 0.25) is 11.8 Å². The summed E-state index contributed by atoms with van der Waals surface area (Å²) < 4.78 is 12.3. The maximum absolute atomic E-state index is 6.13. The molecule has 0 bridgehead atoms. The highest BCUT2D eigenvalue weighted by Crippen LogP contribution is 2.33. The van der Waals surface area contributed by atoms with Gasteiger partial charge in [-0.05, 0) is 81.6 Å². The Bertz CT molecular complexity index is 2000. The van der Waals surface area contributed by atoms with Crippen molar-refractivity contribution < 1.29 is 8.83 Å². The molecule has 40 heavy (non-hydrogen) atoms. The molecule has 0 fully saturated rings. The molecule has 0 amide bonds. The SMILES string of the molecule is c1ccc(-c2ccc3oc(-c4ccc5cc(-c6nc7cc(-c8ccccc8)ccc7o6)ccc5c4)nc3c2)cc1. The van der Waals surface area contributed by atoms with E-state index in [1.165, 1.54) is 0 Å². The lowest BCUT2D eigenvalue weighted by Gasteiger charge is -2.02. The number of hydrogen-bond acceptors (Lipinski definition) is 4. The quantitative estimate of drug-likeness (QED) is 0.234. The zero-order valence-electron chi connectivity index (χ0n) is 21.4. The molecular weight excluding hydrogens is 492 g/mol. The molecule has 6 aromatic carbocycles. The second-order valence-electron chi connectivity index (χ2n) is 9.91. The van der Waals surface area contributed by atoms with Crippen LogP contribution in [-0.2, 0) is 0 Å². The molecule has 188 valence electrons. The summed E-state index contributed by atoms with van der Waals surface area (Å²) in [6.07, 6.45) is 0. The third-order valence-corrected chi connectivity index (χ3v) is 7.32. The van der Waals surface area contributed by atoms with Crippen molar-refractivity contribution >= 4 is 33.0 Å². The van der Waals surface area contributed by atoms with Gasteiger partial charge >= 0.3 is 0 Å². The lowest BCUT2D eigenvalue weighted by molar-refractivity contribution is 0.619. The fraction of sp³-hybridized carbons (Fsp3) is 0. The molecule has 0 radical (unpaired) electrons. The number of fused-ring (bicyclic) bond motifs is 3. The summed E-state index contributed by atoms with van der Waals surface area (Å²) in [5, 5.41) is 2.19. The number of rotatable bonds is 4. The second kappa shape index (κ2) is 9.07. The van der Waals surface area contributed by atoms with Crippen molar-refractivity contribution in [1.82, 2.24) is 9.97 Å². The number of benzene rings is 6. The minimum atomic E-state index is 0.611. The third kappa shape index (κ3) is 3.94. The predicted octanol–water partition coefficient (Wildman–Crippen LogP) is 9.79. The van der Waals surface area contributed by atoms with E-state index < -0.39 is 0 Å². The van der Waals surface area contributed by atoms with Gasteiger partial charge in [-0.1, -0.05) is 84.9 Å². The Kier molecular flexibility index (Phi) is 5.10. The standard InChI is InChI=1S/C36H22N2O2/c1-3-7-23(8-4-1)27-15-17-33-31(21-27)37-35(39-33)29-13-11-26-20-30(14-12-25(26)19-29)36-38-32-22-28(16-18-34(32)40-36)24-9-5-2-6-10-24/h1-22H. The molecule has 0 aliphatic rings. The minimum Gasteiger partial charge on any atom is -0.436 e. The molecule has 2 aromatic heterocycles. The summed E-state index contributed by atoms with van der Waals surface area (Å²) in [6.45, 7) is 0. The Morgan fingerprint density at radius 1 is 0.350 bits per heavy atom. The Labute approximate surface area is 230 Å². The molecule has 0 unspecified atom stereocenters. The van der Waals surface area contributed by atoms with Crippen LogP contribution in [-0.4, -0.2) is 9.97 Å². The highest BCUT2D eigenvalue weighted by Gasteiger charge is 2.13. The van der Waals surface area contributed by atoms with Gasteiger partial charge in [0.05, 0.1) is 0 Å². The maximum atomic E-state index is 6.13. The molecule has 8 rings (SSSR count). The van der Waals surface area contributed by atoms with Gasteiger partial charge in [0.25, 0.3) is 0 Å². The van der Waals surface area contributed by atoms with Crippen LogP contribution in [0.4, 0.5) is 0 Å². The third-order valence-electron chi connectivity index (χ3n) is 7.32. The smallest absolute Gasteiger partial charge is 0.227 e. The first-order valence-corrected chi connectivity index (χ1v) is 13.2. The molecule has 0 aliphatic heterocycles. The summed E-state index contributed by atoms with van der Waals surface area (Å²) in [7, 11) is 0. The van der Waals surface area contributed by atoms with Crippen LogP contribution in [0.5, 0.6) is 0 Å². The zero-order valence-corrected chi connectivity index (χ0v) is 21.4. The number of oxazole rings is 2. The van der Waals surface area contributed by atoms with Crippen LogP contribution in [0, 0.1) is 0 Å². The largest absolute Gasteiger partial charge is 0.436 e. The van der Waals surface area contributed by atoms with E-state index in [2.05, 4.69) is 72.8 Å². The van der Waals surface area contributed by atoms with E-state index in [0.717, 1.165) is 66.4 Å². The van der Waals surface area contributed by atoms with Crippen LogP contribution in [0.15, 0.2) is 142 Å². The summed E-state index contributed by atoms with van der Waals surface area (Å²) in [5.74, 6) is 1.22. The Hall–Kier alpha value is -5.48. The highest BCUT2D eigenvalue weighted by atomic mass is 16.4. The van der Waals surface area contributed by atoms with E-state index in [9.17, 15) is 0 Å². The van der Waals surface area contributed by atoms with Crippen LogP contribution in [0.2, 0.25) is 0 Å².